The number of H-pyrrole nitrogens is 1. The van der Waals surface area contributed by atoms with E-state index in [4.69, 9.17) is 5.11 Å². The summed E-state index contributed by atoms with van der Waals surface area (Å²) in [7, 11) is 0. The molecule has 6 heteroatoms. The summed E-state index contributed by atoms with van der Waals surface area (Å²) in [6, 6.07) is 1.50. The molecule has 1 aliphatic carbocycles. The van der Waals surface area contributed by atoms with E-state index in [0.29, 0.717) is 17.3 Å². The van der Waals surface area contributed by atoms with Crippen LogP contribution in [0.15, 0.2) is 6.07 Å². The van der Waals surface area contributed by atoms with Crippen LogP contribution < -0.4 is 10.6 Å². The molecule has 19 heavy (non-hydrogen) atoms. The second-order valence-electron chi connectivity index (χ2n) is 5.04. The zero-order valence-electron chi connectivity index (χ0n) is 11.1. The van der Waals surface area contributed by atoms with Crippen LogP contribution in [0.3, 0.4) is 0 Å². The van der Waals surface area contributed by atoms with Crippen LogP contribution in [0.5, 0.6) is 0 Å². The number of anilines is 1. The second-order valence-corrected chi connectivity index (χ2v) is 5.04. The first-order valence-electron chi connectivity index (χ1n) is 6.51. The number of carboxylic acid groups (broad SMARTS) is 1. The van der Waals surface area contributed by atoms with E-state index in [2.05, 4.69) is 22.5 Å². The summed E-state index contributed by atoms with van der Waals surface area (Å²) in [5.74, 6) is -0.513. The van der Waals surface area contributed by atoms with Gasteiger partial charge in [0.2, 0.25) is 0 Å². The minimum atomic E-state index is -1.08. The van der Waals surface area contributed by atoms with Crippen LogP contribution in [0.4, 0.5) is 10.5 Å². The lowest BCUT2D eigenvalue weighted by Crippen LogP contribution is -2.31. The van der Waals surface area contributed by atoms with Crippen LogP contribution in [-0.2, 0) is 0 Å². The lowest BCUT2D eigenvalue weighted by molar-refractivity contribution is 0.0692. The van der Waals surface area contributed by atoms with Gasteiger partial charge in [-0.3, -0.25) is 0 Å². The van der Waals surface area contributed by atoms with E-state index < -0.39 is 5.97 Å². The average Bonchev–Trinajstić information content (AvgIpc) is 2.91. The molecule has 1 aliphatic rings. The summed E-state index contributed by atoms with van der Waals surface area (Å²) in [4.78, 5) is 25.5. The van der Waals surface area contributed by atoms with Gasteiger partial charge in [-0.2, -0.15) is 0 Å². The van der Waals surface area contributed by atoms with Gasteiger partial charge in [-0.1, -0.05) is 13.3 Å². The number of hydrogen-bond acceptors (Lipinski definition) is 2. The van der Waals surface area contributed by atoms with Gasteiger partial charge in [-0.05, 0) is 31.7 Å². The van der Waals surface area contributed by atoms with Crippen LogP contribution in [-0.4, -0.2) is 28.1 Å². The van der Waals surface area contributed by atoms with Gasteiger partial charge in [-0.15, -0.1) is 0 Å². The van der Waals surface area contributed by atoms with Gasteiger partial charge in [-0.25, -0.2) is 9.59 Å². The van der Waals surface area contributed by atoms with Crippen molar-refractivity contribution in [2.75, 3.05) is 5.32 Å². The van der Waals surface area contributed by atoms with Crippen LogP contribution in [0.25, 0.3) is 0 Å². The van der Waals surface area contributed by atoms with Crippen molar-refractivity contribution >= 4 is 17.7 Å². The summed E-state index contributed by atoms with van der Waals surface area (Å²) in [6.45, 7) is 3.87. The van der Waals surface area contributed by atoms with E-state index in [9.17, 15) is 9.59 Å². The highest BCUT2D eigenvalue weighted by Gasteiger charge is 2.37. The molecular weight excluding hydrogens is 246 g/mol. The topological polar surface area (TPSA) is 94.2 Å². The molecule has 0 spiro atoms. The number of aromatic amines is 1. The first-order chi connectivity index (χ1) is 9.01. The molecule has 2 atom stereocenters. The quantitative estimate of drug-likeness (QED) is 0.658. The zero-order chi connectivity index (χ0) is 14.0. The Morgan fingerprint density at radius 2 is 2.26 bits per heavy atom. The molecule has 2 rings (SSSR count). The van der Waals surface area contributed by atoms with Crippen LogP contribution in [0.1, 0.15) is 42.4 Å². The Labute approximate surface area is 111 Å². The summed E-state index contributed by atoms with van der Waals surface area (Å²) in [6.07, 6.45) is 3.25. The monoisotopic (exact) mass is 265 g/mol. The molecule has 4 N–H and O–H groups in total. The number of urea groups is 1. The molecule has 0 saturated heterocycles. The van der Waals surface area contributed by atoms with Gasteiger partial charge in [0.05, 0.1) is 5.69 Å². The van der Waals surface area contributed by atoms with Crippen molar-refractivity contribution in [3.05, 3.63) is 17.5 Å². The third-order valence-corrected chi connectivity index (χ3v) is 3.31. The number of carbonyl (C=O) groups excluding carboxylic acids is 1. The molecule has 1 heterocycles. The van der Waals surface area contributed by atoms with E-state index >= 15 is 0 Å². The smallest absolute Gasteiger partial charge is 0.354 e. The van der Waals surface area contributed by atoms with E-state index in [1.165, 1.54) is 0 Å². The van der Waals surface area contributed by atoms with Crippen LogP contribution in [0, 0.1) is 12.8 Å². The fourth-order valence-corrected chi connectivity index (χ4v) is 2.30. The number of carbonyl (C=O) groups is 2. The number of nitrogens with one attached hydrogen (secondary N) is 3. The van der Waals surface area contributed by atoms with Gasteiger partial charge in [0.25, 0.3) is 0 Å². The van der Waals surface area contributed by atoms with Crippen molar-refractivity contribution < 1.29 is 14.7 Å². The number of rotatable bonds is 5. The van der Waals surface area contributed by atoms with Crippen molar-refractivity contribution in [1.29, 1.82) is 0 Å². The number of hydrogen-bond donors (Lipinski definition) is 4. The Bertz CT molecular complexity index is 495. The minimum Gasteiger partial charge on any atom is -0.477 e. The van der Waals surface area contributed by atoms with Crippen molar-refractivity contribution in [3.63, 3.8) is 0 Å². The molecule has 0 radical (unpaired) electrons. The van der Waals surface area contributed by atoms with Gasteiger partial charge >= 0.3 is 12.0 Å². The van der Waals surface area contributed by atoms with Gasteiger partial charge in [0, 0.05) is 11.7 Å². The normalized spacial score (nSPS) is 20.9. The first-order valence-corrected chi connectivity index (χ1v) is 6.51. The number of carboxylic acids is 1. The number of aromatic nitrogens is 1. The second kappa shape index (κ2) is 5.34. The lowest BCUT2D eigenvalue weighted by atomic mass is 10.2. The first kappa shape index (κ1) is 13.5. The molecule has 104 valence electrons. The molecular formula is C13H19N3O3. The maximum Gasteiger partial charge on any atom is 0.354 e. The Kier molecular flexibility index (Phi) is 3.78. The summed E-state index contributed by atoms with van der Waals surface area (Å²) in [5, 5.41) is 14.4. The van der Waals surface area contributed by atoms with Crippen molar-refractivity contribution in [1.82, 2.24) is 10.3 Å². The maximum absolute atomic E-state index is 11.8. The Morgan fingerprint density at radius 1 is 1.53 bits per heavy atom. The molecule has 1 saturated carbocycles. The minimum absolute atomic E-state index is 0.00792. The third kappa shape index (κ3) is 3.27. The molecule has 1 fully saturated rings. The summed E-state index contributed by atoms with van der Waals surface area (Å²) >= 11 is 0. The standard InChI is InChI=1S/C13H19N3O3/c1-3-4-8-6-9(8)15-13(19)16-10-5-7(2)14-11(10)12(17)18/h5,8-9,14H,3-4,6H2,1-2H3,(H,17,18)(H2,15,16,19). The molecule has 2 amide bonds. The fraction of sp³-hybridized carbons (Fsp3) is 0.538. The predicted octanol–water partition coefficient (Wildman–Crippen LogP) is 2.33. The Morgan fingerprint density at radius 3 is 2.89 bits per heavy atom. The van der Waals surface area contributed by atoms with Gasteiger partial charge in [0.15, 0.2) is 0 Å². The molecule has 0 aliphatic heterocycles. The van der Waals surface area contributed by atoms with Crippen LogP contribution in [0.2, 0.25) is 0 Å². The molecule has 6 nitrogen and oxygen atoms in total. The third-order valence-electron chi connectivity index (χ3n) is 3.31. The predicted molar refractivity (Wildman–Crippen MR) is 71.4 cm³/mol. The van der Waals surface area contributed by atoms with Crippen molar-refractivity contribution in [2.24, 2.45) is 5.92 Å². The molecule has 2 unspecified atom stereocenters. The molecule has 1 aromatic heterocycles. The summed E-state index contributed by atoms with van der Waals surface area (Å²) in [5.41, 5.74) is 1.01. The highest BCUT2D eigenvalue weighted by molar-refractivity contribution is 5.99. The van der Waals surface area contributed by atoms with E-state index in [1.807, 2.05) is 0 Å². The molecule has 0 bridgehead atoms. The van der Waals surface area contributed by atoms with E-state index in [-0.39, 0.29) is 17.8 Å². The van der Waals surface area contributed by atoms with E-state index in [0.717, 1.165) is 19.3 Å². The largest absolute Gasteiger partial charge is 0.477 e. The number of amides is 2. The SMILES string of the molecule is CCCC1CC1NC(=O)Nc1cc(C)[nH]c1C(=O)O. The van der Waals surface area contributed by atoms with Crippen LogP contribution >= 0.6 is 0 Å². The average molecular weight is 265 g/mol. The number of aryl methyl sites for hydroxylation is 1. The van der Waals surface area contributed by atoms with Gasteiger partial charge in [0.1, 0.15) is 5.69 Å². The van der Waals surface area contributed by atoms with Gasteiger partial charge < -0.3 is 20.7 Å². The highest BCUT2D eigenvalue weighted by Crippen LogP contribution is 2.34. The fourth-order valence-electron chi connectivity index (χ4n) is 2.30. The highest BCUT2D eigenvalue weighted by atomic mass is 16.4. The molecule has 1 aromatic rings. The Balaban J connectivity index is 1.91. The molecule has 0 aromatic carbocycles. The van der Waals surface area contributed by atoms with E-state index in [1.54, 1.807) is 13.0 Å². The number of aromatic carboxylic acids is 1. The zero-order valence-corrected chi connectivity index (χ0v) is 11.1. The van der Waals surface area contributed by atoms with Crippen molar-refractivity contribution in [3.8, 4) is 0 Å². The maximum atomic E-state index is 11.8. The Hall–Kier alpha value is -1.98. The van der Waals surface area contributed by atoms with Crippen molar-refractivity contribution in [2.45, 2.75) is 39.2 Å². The summed E-state index contributed by atoms with van der Waals surface area (Å²) < 4.78 is 0. The lowest BCUT2D eigenvalue weighted by Gasteiger charge is -2.06.